The van der Waals surface area contributed by atoms with Crippen molar-refractivity contribution in [2.75, 3.05) is 6.61 Å². The molecular weight excluding hydrogens is 380 g/mol. The third kappa shape index (κ3) is 4.61. The van der Waals surface area contributed by atoms with Crippen LogP contribution in [0.15, 0.2) is 60.7 Å². The molecule has 5 heteroatoms. The van der Waals surface area contributed by atoms with Crippen LogP contribution in [0.25, 0.3) is 0 Å². The molecule has 1 aliphatic heterocycles. The number of aliphatic hydroxyl groups excluding tert-OH is 2. The lowest BCUT2D eigenvalue weighted by atomic mass is 9.57. The molecule has 1 heterocycles. The van der Waals surface area contributed by atoms with E-state index in [9.17, 15) is 10.2 Å². The van der Waals surface area contributed by atoms with Gasteiger partial charge in [0.05, 0.1) is 25.4 Å². The third-order valence-electron chi connectivity index (χ3n) is 6.19. The molecule has 30 heavy (non-hydrogen) atoms. The minimum absolute atomic E-state index is 0.0999. The van der Waals surface area contributed by atoms with Gasteiger partial charge in [0.2, 0.25) is 0 Å². The fraction of sp³-hybridized carbons (Fsp3) is 0.520. The Bertz CT molecular complexity index is 799. The van der Waals surface area contributed by atoms with E-state index in [0.29, 0.717) is 13.2 Å². The fourth-order valence-electron chi connectivity index (χ4n) is 4.96. The molecule has 0 amide bonds. The van der Waals surface area contributed by atoms with Crippen LogP contribution in [0, 0.1) is 5.41 Å². The molecule has 2 fully saturated rings. The highest BCUT2D eigenvalue weighted by atomic mass is 16.6. The number of aliphatic hydroxyl groups is 2. The van der Waals surface area contributed by atoms with Gasteiger partial charge in [-0.05, 0) is 29.4 Å². The topological polar surface area (TPSA) is 68.2 Å². The molecule has 0 aromatic heterocycles. The Balaban J connectivity index is 1.44. The summed E-state index contributed by atoms with van der Waals surface area (Å²) in [5, 5.41) is 22.1. The number of hydrogen-bond donors (Lipinski definition) is 2. The van der Waals surface area contributed by atoms with Crippen molar-refractivity contribution in [1.82, 2.24) is 0 Å². The van der Waals surface area contributed by atoms with Crippen LogP contribution in [-0.2, 0) is 27.4 Å². The predicted molar refractivity (Wildman–Crippen MR) is 114 cm³/mol. The third-order valence-corrected chi connectivity index (χ3v) is 6.19. The largest absolute Gasteiger partial charge is 0.387 e. The van der Waals surface area contributed by atoms with Gasteiger partial charge in [0.25, 0.3) is 0 Å². The second kappa shape index (κ2) is 8.77. The summed E-state index contributed by atoms with van der Waals surface area (Å²) in [4.78, 5) is 0. The number of rotatable bonds is 7. The van der Waals surface area contributed by atoms with Gasteiger partial charge in [0.15, 0.2) is 0 Å². The summed E-state index contributed by atoms with van der Waals surface area (Å²) in [6.07, 6.45) is -1.65. The first-order chi connectivity index (χ1) is 14.4. The Hall–Kier alpha value is -1.76. The normalized spacial score (nSPS) is 29.5. The lowest BCUT2D eigenvalue weighted by molar-refractivity contribution is -0.326. The van der Waals surface area contributed by atoms with Crippen LogP contribution in [-0.4, -0.2) is 46.8 Å². The van der Waals surface area contributed by atoms with Crippen LogP contribution in [0.5, 0.6) is 0 Å². The highest BCUT2D eigenvalue weighted by Crippen LogP contribution is 2.55. The zero-order valence-corrected chi connectivity index (χ0v) is 17.7. The summed E-state index contributed by atoms with van der Waals surface area (Å²) in [6.45, 7) is 5.36. The number of hydrogen-bond acceptors (Lipinski definition) is 5. The standard InChI is InChI=1S/C25H32O5/c1-24(2)16-25(17-24)23(27)22(29-14-19-11-7-4-8-12-19)21(26)20(30-25)15-28-13-18-9-5-3-6-10-18/h3-12,20-23,26-27H,13-17H2,1-2H3/t20-,21-,22+,23-/m1/s1. The molecule has 0 unspecified atom stereocenters. The number of benzene rings is 2. The first-order valence-electron chi connectivity index (χ1n) is 10.7. The Labute approximate surface area is 178 Å². The van der Waals surface area contributed by atoms with Crippen LogP contribution in [0.3, 0.4) is 0 Å². The summed E-state index contributed by atoms with van der Waals surface area (Å²) >= 11 is 0. The fourth-order valence-corrected chi connectivity index (χ4v) is 4.96. The molecule has 1 saturated heterocycles. The van der Waals surface area contributed by atoms with Crippen molar-refractivity contribution in [3.63, 3.8) is 0 Å². The molecule has 4 atom stereocenters. The van der Waals surface area contributed by atoms with Crippen molar-refractivity contribution >= 4 is 0 Å². The van der Waals surface area contributed by atoms with Crippen LogP contribution in [0.4, 0.5) is 0 Å². The van der Waals surface area contributed by atoms with Gasteiger partial charge >= 0.3 is 0 Å². The van der Waals surface area contributed by atoms with E-state index in [1.807, 2.05) is 60.7 Å². The van der Waals surface area contributed by atoms with E-state index >= 15 is 0 Å². The van der Waals surface area contributed by atoms with Crippen molar-refractivity contribution in [3.05, 3.63) is 71.8 Å². The van der Waals surface area contributed by atoms with Crippen molar-refractivity contribution in [3.8, 4) is 0 Å². The summed E-state index contributed by atoms with van der Waals surface area (Å²) < 4.78 is 18.2. The average molecular weight is 413 g/mol. The maximum atomic E-state index is 11.1. The highest BCUT2D eigenvalue weighted by Gasteiger charge is 2.62. The molecule has 1 aliphatic carbocycles. The molecule has 0 radical (unpaired) electrons. The first-order valence-corrected chi connectivity index (χ1v) is 10.7. The van der Waals surface area contributed by atoms with E-state index in [1.54, 1.807) is 0 Å². The molecule has 2 aromatic carbocycles. The minimum Gasteiger partial charge on any atom is -0.387 e. The van der Waals surface area contributed by atoms with Crippen molar-refractivity contribution < 1.29 is 24.4 Å². The van der Waals surface area contributed by atoms with Crippen molar-refractivity contribution in [1.29, 1.82) is 0 Å². The van der Waals surface area contributed by atoms with E-state index < -0.39 is 30.0 Å². The SMILES string of the molecule is CC1(C)CC2(C1)O[C@H](COCc1ccccc1)[C@@H](O)[C@H](OCc1ccccc1)[C@H]2O. The monoisotopic (exact) mass is 412 g/mol. The van der Waals surface area contributed by atoms with Gasteiger partial charge in [0.1, 0.15) is 24.4 Å². The van der Waals surface area contributed by atoms with Gasteiger partial charge in [-0.15, -0.1) is 0 Å². The predicted octanol–water partition coefficient (Wildman–Crippen LogP) is 3.47. The molecule has 2 aliphatic rings. The quantitative estimate of drug-likeness (QED) is 0.729. The van der Waals surface area contributed by atoms with Gasteiger partial charge in [-0.25, -0.2) is 0 Å². The van der Waals surface area contributed by atoms with Crippen LogP contribution in [0.1, 0.15) is 37.8 Å². The Morgan fingerprint density at radius 3 is 2.03 bits per heavy atom. The Morgan fingerprint density at radius 1 is 0.900 bits per heavy atom. The number of ether oxygens (including phenoxy) is 3. The molecule has 2 aromatic rings. The summed E-state index contributed by atoms with van der Waals surface area (Å²) in [5.74, 6) is 0. The zero-order valence-electron chi connectivity index (χ0n) is 17.7. The highest BCUT2D eigenvalue weighted by molar-refractivity contribution is 5.16. The van der Waals surface area contributed by atoms with E-state index in [0.717, 1.165) is 24.0 Å². The maximum absolute atomic E-state index is 11.1. The molecular formula is C25H32O5. The molecule has 1 spiro atoms. The molecule has 5 nitrogen and oxygen atoms in total. The molecule has 4 rings (SSSR count). The molecule has 162 valence electrons. The van der Waals surface area contributed by atoms with Crippen LogP contribution < -0.4 is 0 Å². The van der Waals surface area contributed by atoms with E-state index in [-0.39, 0.29) is 12.0 Å². The lowest BCUT2D eigenvalue weighted by Crippen LogP contribution is -2.71. The van der Waals surface area contributed by atoms with E-state index in [1.165, 1.54) is 0 Å². The van der Waals surface area contributed by atoms with Crippen molar-refractivity contribution in [2.45, 2.75) is 69.9 Å². The molecule has 1 saturated carbocycles. The lowest BCUT2D eigenvalue weighted by Gasteiger charge is -2.60. The van der Waals surface area contributed by atoms with Crippen LogP contribution >= 0.6 is 0 Å². The smallest absolute Gasteiger partial charge is 0.115 e. The zero-order chi connectivity index (χ0) is 21.2. The molecule has 0 bridgehead atoms. The maximum Gasteiger partial charge on any atom is 0.115 e. The van der Waals surface area contributed by atoms with Gasteiger partial charge < -0.3 is 24.4 Å². The molecule has 2 N–H and O–H groups in total. The Morgan fingerprint density at radius 2 is 1.47 bits per heavy atom. The van der Waals surface area contributed by atoms with E-state index in [4.69, 9.17) is 14.2 Å². The second-order valence-electron chi connectivity index (χ2n) is 9.44. The van der Waals surface area contributed by atoms with Gasteiger partial charge in [-0.2, -0.15) is 0 Å². The first kappa shape index (κ1) is 21.5. The Kier molecular flexibility index (Phi) is 6.28. The van der Waals surface area contributed by atoms with Gasteiger partial charge in [-0.1, -0.05) is 74.5 Å². The summed E-state index contributed by atoms with van der Waals surface area (Å²) in [7, 11) is 0. The summed E-state index contributed by atoms with van der Waals surface area (Å²) in [6, 6.07) is 19.7. The second-order valence-corrected chi connectivity index (χ2v) is 9.44. The van der Waals surface area contributed by atoms with E-state index in [2.05, 4.69) is 13.8 Å². The summed E-state index contributed by atoms with van der Waals surface area (Å²) in [5.41, 5.74) is 1.48. The minimum atomic E-state index is -0.964. The van der Waals surface area contributed by atoms with Crippen LogP contribution in [0.2, 0.25) is 0 Å². The van der Waals surface area contributed by atoms with Crippen molar-refractivity contribution in [2.24, 2.45) is 5.41 Å². The van der Waals surface area contributed by atoms with Gasteiger partial charge in [-0.3, -0.25) is 0 Å². The average Bonchev–Trinajstić information content (AvgIpc) is 2.72. The van der Waals surface area contributed by atoms with Gasteiger partial charge in [0, 0.05) is 0 Å².